The number of carboxylic acid groups (broad SMARTS) is 1. The Labute approximate surface area is 177 Å². The molecule has 2 aromatic rings. The van der Waals surface area contributed by atoms with Crippen LogP contribution < -0.4 is 0 Å². The van der Waals surface area contributed by atoms with E-state index in [9.17, 15) is 22.8 Å². The van der Waals surface area contributed by atoms with Crippen molar-refractivity contribution in [3.05, 3.63) is 33.7 Å². The minimum atomic E-state index is -4.52. The molecule has 12 heteroatoms. The van der Waals surface area contributed by atoms with Crippen molar-refractivity contribution in [2.45, 2.75) is 19.0 Å². The largest absolute Gasteiger partial charge is 0.481 e. The van der Waals surface area contributed by atoms with Gasteiger partial charge < -0.3 is 5.11 Å². The van der Waals surface area contributed by atoms with Crippen molar-refractivity contribution in [1.29, 1.82) is 0 Å². The third-order valence-electron chi connectivity index (χ3n) is 3.97. The number of amides is 1. The Morgan fingerprint density at radius 3 is 2.72 bits per heavy atom. The van der Waals surface area contributed by atoms with Gasteiger partial charge in [-0.25, -0.2) is 0 Å². The lowest BCUT2D eigenvalue weighted by Crippen LogP contribution is -2.29. The topological polar surface area (TPSA) is 75.4 Å². The monoisotopic (exact) mass is 461 g/mol. The molecule has 6 nitrogen and oxygen atoms in total. The minimum Gasteiger partial charge on any atom is -0.481 e. The normalized spacial score (nSPS) is 16.3. The average molecular weight is 462 g/mol. The number of aliphatic carboxylic acids is 1. The Kier molecular flexibility index (Phi) is 6.15. The van der Waals surface area contributed by atoms with Gasteiger partial charge in [0.15, 0.2) is 5.69 Å². The number of aromatic nitrogens is 2. The maximum atomic E-state index is 12.9. The molecular formula is C17H14F3N3O3S3. The first-order valence-electron chi connectivity index (χ1n) is 8.25. The number of carbonyl (C=O) groups excluding carboxylic acids is 1. The van der Waals surface area contributed by atoms with E-state index in [2.05, 4.69) is 5.10 Å². The quantitative estimate of drug-likeness (QED) is 0.513. The van der Waals surface area contributed by atoms with Crippen LogP contribution in [-0.2, 0) is 22.8 Å². The zero-order valence-corrected chi connectivity index (χ0v) is 17.3. The van der Waals surface area contributed by atoms with Crippen molar-refractivity contribution in [3.63, 3.8) is 0 Å². The van der Waals surface area contributed by atoms with Crippen molar-refractivity contribution < 1.29 is 27.9 Å². The number of nitrogens with zero attached hydrogens (tertiary/aromatic N) is 3. The zero-order valence-electron chi connectivity index (χ0n) is 14.9. The number of hydrogen-bond donors (Lipinski definition) is 1. The van der Waals surface area contributed by atoms with Gasteiger partial charge in [0, 0.05) is 24.9 Å². The van der Waals surface area contributed by atoms with E-state index in [1.54, 1.807) is 18.2 Å². The third-order valence-corrected chi connectivity index (χ3v) is 6.40. The summed E-state index contributed by atoms with van der Waals surface area (Å²) in [6.07, 6.45) is -2.66. The number of alkyl halides is 3. The van der Waals surface area contributed by atoms with Crippen LogP contribution in [0.3, 0.4) is 0 Å². The van der Waals surface area contributed by atoms with Gasteiger partial charge in [-0.2, -0.15) is 18.3 Å². The van der Waals surface area contributed by atoms with E-state index in [0.29, 0.717) is 31.1 Å². The molecule has 0 aromatic carbocycles. The average Bonchev–Trinajstić information content (AvgIpc) is 3.28. The third kappa shape index (κ3) is 4.87. The van der Waals surface area contributed by atoms with Crippen molar-refractivity contribution in [2.75, 3.05) is 6.54 Å². The summed E-state index contributed by atoms with van der Waals surface area (Å²) < 4.78 is 40.1. The number of carbonyl (C=O) groups is 2. The van der Waals surface area contributed by atoms with Crippen LogP contribution in [0.4, 0.5) is 13.2 Å². The van der Waals surface area contributed by atoms with Crippen LogP contribution >= 0.6 is 35.3 Å². The molecule has 1 N–H and O–H groups in total. The molecule has 1 aliphatic rings. The minimum absolute atomic E-state index is 0.0605. The highest BCUT2D eigenvalue weighted by Crippen LogP contribution is 2.37. The second kappa shape index (κ2) is 8.28. The van der Waals surface area contributed by atoms with Gasteiger partial charge in [0.2, 0.25) is 0 Å². The number of thiocarbonyl (C=S) groups is 1. The molecule has 0 radical (unpaired) electrons. The molecule has 0 aliphatic carbocycles. The summed E-state index contributed by atoms with van der Waals surface area (Å²) in [5, 5.41) is 12.2. The van der Waals surface area contributed by atoms with E-state index >= 15 is 0 Å². The summed E-state index contributed by atoms with van der Waals surface area (Å²) in [6, 6.07) is 4.36. The number of carboxylic acids is 1. The van der Waals surface area contributed by atoms with Gasteiger partial charge in [-0.3, -0.25) is 19.2 Å². The van der Waals surface area contributed by atoms with E-state index < -0.39 is 17.8 Å². The Balaban J connectivity index is 1.77. The molecule has 0 saturated carbocycles. The number of halogens is 3. The first-order valence-corrected chi connectivity index (χ1v) is 10.3. The van der Waals surface area contributed by atoms with Gasteiger partial charge in [0.25, 0.3) is 5.91 Å². The molecule has 1 amide bonds. The van der Waals surface area contributed by atoms with Crippen LogP contribution in [0.25, 0.3) is 16.6 Å². The summed E-state index contributed by atoms with van der Waals surface area (Å²) >= 11 is 7.53. The summed E-state index contributed by atoms with van der Waals surface area (Å²) in [5.41, 5.74) is -0.643. The van der Waals surface area contributed by atoms with Crippen LogP contribution in [-0.4, -0.2) is 42.5 Å². The second-order valence-electron chi connectivity index (χ2n) is 6.07. The van der Waals surface area contributed by atoms with Gasteiger partial charge >= 0.3 is 12.1 Å². The molecule has 29 heavy (non-hydrogen) atoms. The van der Waals surface area contributed by atoms with Crippen molar-refractivity contribution >= 4 is 57.6 Å². The smallest absolute Gasteiger partial charge is 0.435 e. The highest BCUT2D eigenvalue weighted by Gasteiger charge is 2.35. The van der Waals surface area contributed by atoms with Gasteiger partial charge in [0.1, 0.15) is 4.32 Å². The van der Waals surface area contributed by atoms with E-state index in [1.807, 2.05) is 0 Å². The van der Waals surface area contributed by atoms with Crippen LogP contribution in [0.2, 0.25) is 0 Å². The molecule has 1 fully saturated rings. The molecule has 3 heterocycles. The SMILES string of the molecule is Cn1nc(C(F)(F)F)cc1-c1ccc(/C=C2/SC(=S)N(CCCC(=O)O)C2=O)s1. The van der Waals surface area contributed by atoms with Crippen LogP contribution in [0.5, 0.6) is 0 Å². The molecule has 0 unspecified atom stereocenters. The fourth-order valence-electron chi connectivity index (χ4n) is 2.61. The fraction of sp³-hybridized carbons (Fsp3) is 0.294. The highest BCUT2D eigenvalue weighted by atomic mass is 32.2. The zero-order chi connectivity index (χ0) is 21.3. The number of thioether (sulfide) groups is 1. The van der Waals surface area contributed by atoms with E-state index in [4.69, 9.17) is 17.3 Å². The van der Waals surface area contributed by atoms with Crippen molar-refractivity contribution in [1.82, 2.24) is 14.7 Å². The molecule has 154 valence electrons. The van der Waals surface area contributed by atoms with Crippen molar-refractivity contribution in [2.24, 2.45) is 7.05 Å². The summed E-state index contributed by atoms with van der Waals surface area (Å²) in [4.78, 5) is 26.1. The highest BCUT2D eigenvalue weighted by molar-refractivity contribution is 8.26. The number of aryl methyl sites for hydroxylation is 1. The van der Waals surface area contributed by atoms with E-state index in [-0.39, 0.29) is 18.9 Å². The molecule has 3 rings (SSSR count). The molecule has 0 bridgehead atoms. The Bertz CT molecular complexity index is 1010. The molecule has 1 aliphatic heterocycles. The lowest BCUT2D eigenvalue weighted by atomic mass is 10.3. The Hall–Kier alpha value is -2.18. The van der Waals surface area contributed by atoms with Gasteiger partial charge in [-0.05, 0) is 30.7 Å². The van der Waals surface area contributed by atoms with Crippen LogP contribution in [0, 0.1) is 0 Å². The maximum Gasteiger partial charge on any atom is 0.435 e. The summed E-state index contributed by atoms with van der Waals surface area (Å²) in [6.45, 7) is 0.221. The number of hydrogen-bond acceptors (Lipinski definition) is 6. The van der Waals surface area contributed by atoms with E-state index in [0.717, 1.165) is 17.8 Å². The number of rotatable bonds is 6. The lowest BCUT2D eigenvalue weighted by molar-refractivity contribution is -0.141. The predicted octanol–water partition coefficient (Wildman–Crippen LogP) is 4.23. The van der Waals surface area contributed by atoms with E-state index in [1.165, 1.54) is 28.0 Å². The molecule has 0 atom stereocenters. The molecule has 0 spiro atoms. The van der Waals surface area contributed by atoms with Gasteiger partial charge in [0.05, 0.1) is 15.5 Å². The lowest BCUT2D eigenvalue weighted by Gasteiger charge is -2.13. The van der Waals surface area contributed by atoms with Gasteiger partial charge in [-0.15, -0.1) is 11.3 Å². The Morgan fingerprint density at radius 2 is 2.10 bits per heavy atom. The predicted molar refractivity (Wildman–Crippen MR) is 108 cm³/mol. The van der Waals surface area contributed by atoms with Gasteiger partial charge in [-0.1, -0.05) is 24.0 Å². The molecule has 1 saturated heterocycles. The first kappa shape index (κ1) is 21.5. The molecule has 2 aromatic heterocycles. The fourth-order valence-corrected chi connectivity index (χ4v) is 4.99. The number of thiophene rings is 1. The Morgan fingerprint density at radius 1 is 1.38 bits per heavy atom. The summed E-state index contributed by atoms with van der Waals surface area (Å²) in [5.74, 6) is -1.25. The first-order chi connectivity index (χ1) is 13.6. The summed E-state index contributed by atoms with van der Waals surface area (Å²) in [7, 11) is 1.44. The van der Waals surface area contributed by atoms with Crippen LogP contribution in [0.15, 0.2) is 23.1 Å². The van der Waals surface area contributed by atoms with Crippen molar-refractivity contribution in [3.8, 4) is 10.6 Å². The standard InChI is InChI=1S/C17H14F3N3O3S3/c1-22-10(8-13(21-22)17(18,19)20)11-5-4-9(28-11)7-12-15(26)23(16(27)29-12)6-2-3-14(24)25/h4-5,7-8H,2-3,6H2,1H3,(H,24,25)/b12-7+. The molecular weight excluding hydrogens is 447 g/mol. The second-order valence-corrected chi connectivity index (χ2v) is 8.86. The maximum absolute atomic E-state index is 12.9. The van der Waals surface area contributed by atoms with Crippen LogP contribution in [0.1, 0.15) is 23.4 Å².